The predicted molar refractivity (Wildman–Crippen MR) is 94.8 cm³/mol. The molecular formula is C17H19N3O3S. The van der Waals surface area contributed by atoms with Crippen LogP contribution < -0.4 is 5.32 Å². The van der Waals surface area contributed by atoms with Crippen LogP contribution in [0, 0.1) is 6.92 Å². The molecule has 1 aromatic carbocycles. The third-order valence-electron chi connectivity index (χ3n) is 3.19. The fourth-order valence-electron chi connectivity index (χ4n) is 1.91. The Morgan fingerprint density at radius 2 is 2.04 bits per heavy atom. The summed E-state index contributed by atoms with van der Waals surface area (Å²) >= 11 is 1.66. The standard InChI is InChI=1S/C17H19N3O3S/c1-12-10-15(19-23-12)18-16(21)11-20(2)17(22)9-6-13-4-7-14(24-3)8-5-13/h4-10H,11H2,1-3H3,(H,18,19,21)/b9-6+. The van der Waals surface area contributed by atoms with Crippen LogP contribution in [0.4, 0.5) is 5.82 Å². The van der Waals surface area contributed by atoms with Crippen molar-refractivity contribution in [3.8, 4) is 0 Å². The minimum Gasteiger partial charge on any atom is -0.360 e. The van der Waals surface area contributed by atoms with Gasteiger partial charge in [-0.15, -0.1) is 11.8 Å². The third-order valence-corrected chi connectivity index (χ3v) is 3.93. The summed E-state index contributed by atoms with van der Waals surface area (Å²) in [6.45, 7) is 1.66. The van der Waals surface area contributed by atoms with E-state index in [2.05, 4.69) is 10.5 Å². The number of aromatic nitrogens is 1. The van der Waals surface area contributed by atoms with Gasteiger partial charge in [0.1, 0.15) is 5.76 Å². The van der Waals surface area contributed by atoms with E-state index in [0.29, 0.717) is 11.6 Å². The quantitative estimate of drug-likeness (QED) is 0.644. The number of likely N-dealkylation sites (N-methyl/N-ethyl adjacent to an activating group) is 1. The molecule has 2 amide bonds. The lowest BCUT2D eigenvalue weighted by molar-refractivity contribution is -0.129. The molecule has 2 aromatic rings. The maximum absolute atomic E-state index is 12.1. The Morgan fingerprint density at radius 3 is 2.62 bits per heavy atom. The minimum atomic E-state index is -0.336. The van der Waals surface area contributed by atoms with E-state index < -0.39 is 0 Å². The molecule has 7 heteroatoms. The van der Waals surface area contributed by atoms with Crippen LogP contribution in [0.5, 0.6) is 0 Å². The average molecular weight is 345 g/mol. The Hall–Kier alpha value is -2.54. The number of carbonyl (C=O) groups excluding carboxylic acids is 2. The van der Waals surface area contributed by atoms with Gasteiger partial charge >= 0.3 is 0 Å². The normalized spacial score (nSPS) is 10.8. The van der Waals surface area contributed by atoms with Gasteiger partial charge in [-0.1, -0.05) is 17.3 Å². The first-order valence-electron chi connectivity index (χ1n) is 7.28. The second-order valence-corrected chi connectivity index (χ2v) is 6.05. The maximum atomic E-state index is 12.1. The number of nitrogens with zero attached hydrogens (tertiary/aromatic N) is 2. The summed E-state index contributed by atoms with van der Waals surface area (Å²) in [5, 5.41) is 6.24. The van der Waals surface area contributed by atoms with E-state index in [1.54, 1.807) is 37.9 Å². The van der Waals surface area contributed by atoms with Crippen molar-refractivity contribution in [3.63, 3.8) is 0 Å². The van der Waals surface area contributed by atoms with Gasteiger partial charge in [0.25, 0.3) is 0 Å². The SMILES string of the molecule is CSc1ccc(/C=C/C(=O)N(C)CC(=O)Nc2cc(C)on2)cc1. The van der Waals surface area contributed by atoms with Gasteiger partial charge < -0.3 is 14.7 Å². The fraction of sp³-hybridized carbons (Fsp3) is 0.235. The molecule has 0 aliphatic carbocycles. The molecule has 0 spiro atoms. The summed E-state index contributed by atoms with van der Waals surface area (Å²) in [5.41, 5.74) is 0.928. The largest absolute Gasteiger partial charge is 0.360 e. The lowest BCUT2D eigenvalue weighted by atomic mass is 10.2. The lowest BCUT2D eigenvalue weighted by Crippen LogP contribution is -2.33. The third kappa shape index (κ3) is 5.27. The molecule has 6 nitrogen and oxygen atoms in total. The summed E-state index contributed by atoms with van der Waals surface area (Å²) in [4.78, 5) is 26.4. The fourth-order valence-corrected chi connectivity index (χ4v) is 2.32. The molecule has 24 heavy (non-hydrogen) atoms. The minimum absolute atomic E-state index is 0.0690. The molecule has 126 valence electrons. The van der Waals surface area contributed by atoms with Gasteiger partial charge in [0, 0.05) is 24.1 Å². The van der Waals surface area contributed by atoms with E-state index in [1.165, 1.54) is 11.0 Å². The molecule has 1 aromatic heterocycles. The molecule has 1 N–H and O–H groups in total. The zero-order chi connectivity index (χ0) is 17.5. The summed E-state index contributed by atoms with van der Waals surface area (Å²) in [6.07, 6.45) is 5.18. The predicted octanol–water partition coefficient (Wildman–Crippen LogP) is 2.82. The molecule has 0 unspecified atom stereocenters. The van der Waals surface area contributed by atoms with Gasteiger partial charge in [0.2, 0.25) is 11.8 Å². The monoisotopic (exact) mass is 345 g/mol. The van der Waals surface area contributed by atoms with E-state index in [4.69, 9.17) is 4.52 Å². The number of aryl methyl sites for hydroxylation is 1. The van der Waals surface area contributed by atoms with Crippen molar-refractivity contribution >= 4 is 35.5 Å². The Bertz CT molecular complexity index is 738. The van der Waals surface area contributed by atoms with Gasteiger partial charge in [-0.2, -0.15) is 0 Å². The number of hydrogen-bond donors (Lipinski definition) is 1. The Morgan fingerprint density at radius 1 is 1.33 bits per heavy atom. The van der Waals surface area contributed by atoms with Crippen molar-refractivity contribution in [2.75, 3.05) is 25.2 Å². The number of thioether (sulfide) groups is 1. The first-order valence-corrected chi connectivity index (χ1v) is 8.51. The average Bonchev–Trinajstić information content (AvgIpc) is 2.97. The van der Waals surface area contributed by atoms with Crippen LogP contribution in [-0.2, 0) is 9.59 Å². The molecule has 0 saturated carbocycles. The highest BCUT2D eigenvalue weighted by molar-refractivity contribution is 7.98. The summed E-state index contributed by atoms with van der Waals surface area (Å²) in [6, 6.07) is 9.47. The van der Waals surface area contributed by atoms with Crippen LogP contribution in [0.3, 0.4) is 0 Å². The van der Waals surface area contributed by atoms with Crippen LogP contribution in [0.25, 0.3) is 6.08 Å². The van der Waals surface area contributed by atoms with Gasteiger partial charge in [0.05, 0.1) is 6.54 Å². The number of anilines is 1. The van der Waals surface area contributed by atoms with Crippen molar-refractivity contribution in [2.24, 2.45) is 0 Å². The molecule has 0 fully saturated rings. The van der Waals surface area contributed by atoms with Crippen LogP contribution in [0.1, 0.15) is 11.3 Å². The second-order valence-electron chi connectivity index (χ2n) is 5.17. The van der Waals surface area contributed by atoms with Crippen molar-refractivity contribution < 1.29 is 14.1 Å². The zero-order valence-electron chi connectivity index (χ0n) is 13.8. The highest BCUT2D eigenvalue weighted by Crippen LogP contribution is 2.15. The smallest absolute Gasteiger partial charge is 0.246 e. The Labute approximate surface area is 144 Å². The number of benzene rings is 1. The van der Waals surface area contributed by atoms with E-state index in [0.717, 1.165) is 10.5 Å². The van der Waals surface area contributed by atoms with Crippen LogP contribution in [0.15, 0.2) is 45.8 Å². The zero-order valence-corrected chi connectivity index (χ0v) is 14.6. The molecule has 0 radical (unpaired) electrons. The molecule has 0 saturated heterocycles. The van der Waals surface area contributed by atoms with E-state index >= 15 is 0 Å². The summed E-state index contributed by atoms with van der Waals surface area (Å²) in [5.74, 6) is 0.347. The van der Waals surface area contributed by atoms with Crippen molar-refractivity contribution in [3.05, 3.63) is 47.7 Å². The highest BCUT2D eigenvalue weighted by Gasteiger charge is 2.12. The van der Waals surface area contributed by atoms with Crippen LogP contribution in [0.2, 0.25) is 0 Å². The molecule has 0 bridgehead atoms. The van der Waals surface area contributed by atoms with Gasteiger partial charge in [-0.05, 0) is 37.0 Å². The Balaban J connectivity index is 1.86. The molecule has 2 rings (SSSR count). The number of amides is 2. The maximum Gasteiger partial charge on any atom is 0.246 e. The van der Waals surface area contributed by atoms with Gasteiger partial charge in [-0.25, -0.2) is 0 Å². The van der Waals surface area contributed by atoms with E-state index in [-0.39, 0.29) is 18.4 Å². The molecule has 0 aliphatic heterocycles. The first-order chi connectivity index (χ1) is 11.5. The second kappa shape index (κ2) is 8.35. The van der Waals surface area contributed by atoms with Crippen LogP contribution in [-0.4, -0.2) is 41.7 Å². The van der Waals surface area contributed by atoms with Crippen molar-refractivity contribution in [1.82, 2.24) is 10.1 Å². The molecule has 1 heterocycles. The van der Waals surface area contributed by atoms with Crippen molar-refractivity contribution in [2.45, 2.75) is 11.8 Å². The van der Waals surface area contributed by atoms with Crippen LogP contribution >= 0.6 is 11.8 Å². The lowest BCUT2D eigenvalue weighted by Gasteiger charge is -2.13. The Kier molecular flexibility index (Phi) is 6.20. The van der Waals surface area contributed by atoms with Gasteiger partial charge in [-0.3, -0.25) is 9.59 Å². The van der Waals surface area contributed by atoms with E-state index in [1.807, 2.05) is 30.5 Å². The topological polar surface area (TPSA) is 75.4 Å². The van der Waals surface area contributed by atoms with Crippen molar-refractivity contribution in [1.29, 1.82) is 0 Å². The number of nitrogens with one attached hydrogen (secondary N) is 1. The molecule has 0 aliphatic rings. The molecular weight excluding hydrogens is 326 g/mol. The molecule has 0 atom stereocenters. The number of rotatable bonds is 6. The van der Waals surface area contributed by atoms with E-state index in [9.17, 15) is 9.59 Å². The summed E-state index contributed by atoms with van der Waals surface area (Å²) < 4.78 is 4.86. The first kappa shape index (κ1) is 17.8. The summed E-state index contributed by atoms with van der Waals surface area (Å²) in [7, 11) is 1.57. The number of carbonyl (C=O) groups is 2. The highest BCUT2D eigenvalue weighted by atomic mass is 32.2. The number of hydrogen-bond acceptors (Lipinski definition) is 5. The van der Waals surface area contributed by atoms with Gasteiger partial charge in [0.15, 0.2) is 5.82 Å².